The molecule has 3 heterocycles. The number of hydrogen-bond acceptors (Lipinski definition) is 11. The molecule has 0 amide bonds. The van der Waals surface area contributed by atoms with Crippen molar-refractivity contribution in [2.45, 2.75) is 6.92 Å². The molecule has 2 fully saturated rings. The van der Waals surface area contributed by atoms with Crippen LogP contribution in [0.1, 0.15) is 5.56 Å². The number of guanidine groups is 1. The van der Waals surface area contributed by atoms with E-state index in [0.717, 1.165) is 25.2 Å². The SMILES string of the molecule is COc1cc2nc(N3CCOCC3)nc(N=C(Nc3cccc(C)c3)N[N+](=O)[O-])c2cc1OCCN1CCOCC1. The van der Waals surface area contributed by atoms with Crippen LogP contribution < -0.4 is 25.1 Å². The fraction of sp³-hybridized carbons (Fsp3) is 0.444. The number of nitrogens with one attached hydrogen (secondary N) is 2. The van der Waals surface area contributed by atoms with Gasteiger partial charge in [-0.2, -0.15) is 9.98 Å². The Morgan fingerprint density at radius 1 is 1.07 bits per heavy atom. The molecule has 0 unspecified atom stereocenters. The van der Waals surface area contributed by atoms with Gasteiger partial charge in [0.1, 0.15) is 6.61 Å². The van der Waals surface area contributed by atoms with E-state index in [-0.39, 0.29) is 11.8 Å². The Kier molecular flexibility index (Phi) is 9.23. The van der Waals surface area contributed by atoms with Gasteiger partial charge in [0.25, 0.3) is 5.96 Å². The second-order valence-electron chi connectivity index (χ2n) is 9.59. The molecule has 0 spiro atoms. The van der Waals surface area contributed by atoms with Crippen molar-refractivity contribution in [2.24, 2.45) is 4.99 Å². The summed E-state index contributed by atoms with van der Waals surface area (Å²) >= 11 is 0. The number of benzene rings is 2. The molecule has 5 rings (SSSR count). The van der Waals surface area contributed by atoms with Crippen molar-refractivity contribution in [3.05, 3.63) is 52.1 Å². The molecule has 0 aliphatic carbocycles. The molecule has 0 radical (unpaired) electrons. The minimum absolute atomic E-state index is 0.0980. The van der Waals surface area contributed by atoms with Crippen LogP contribution in [0.25, 0.3) is 10.9 Å². The summed E-state index contributed by atoms with van der Waals surface area (Å²) < 4.78 is 22.7. The maximum atomic E-state index is 11.5. The number of anilines is 2. The maximum absolute atomic E-state index is 11.5. The van der Waals surface area contributed by atoms with Crippen LogP contribution in [0.2, 0.25) is 0 Å². The zero-order valence-corrected chi connectivity index (χ0v) is 23.2. The lowest BCUT2D eigenvalue weighted by Crippen LogP contribution is -2.38. The molecule has 1 aromatic heterocycles. The summed E-state index contributed by atoms with van der Waals surface area (Å²) in [6.45, 7) is 8.54. The standard InChI is InChI=1S/C27H34N8O6/c1-19-4-3-5-20(16-19)28-26(32-35(36)37)30-25-21-17-24(41-15-8-33-6-11-39-12-7-33)23(38-2)18-22(21)29-27(31-25)34-9-13-40-14-10-34/h3-5,16-18H,6-15H2,1-2H3,(H2,28,29,30,31,32). The van der Waals surface area contributed by atoms with Crippen molar-refractivity contribution in [1.82, 2.24) is 20.3 Å². The molecule has 2 aliphatic rings. The lowest BCUT2D eigenvalue weighted by atomic mass is 10.2. The molecule has 3 aromatic rings. The predicted molar refractivity (Wildman–Crippen MR) is 154 cm³/mol. The molecule has 0 bridgehead atoms. The van der Waals surface area contributed by atoms with E-state index in [1.165, 1.54) is 0 Å². The van der Waals surface area contributed by atoms with E-state index >= 15 is 0 Å². The van der Waals surface area contributed by atoms with Gasteiger partial charge >= 0.3 is 0 Å². The first-order chi connectivity index (χ1) is 20.0. The summed E-state index contributed by atoms with van der Waals surface area (Å²) in [5.74, 6) is 1.60. The first kappa shape index (κ1) is 28.3. The van der Waals surface area contributed by atoms with E-state index in [1.54, 1.807) is 25.3 Å². The Morgan fingerprint density at radius 3 is 2.54 bits per heavy atom. The highest BCUT2D eigenvalue weighted by atomic mass is 16.7. The Bertz CT molecular complexity index is 1390. The number of hydrogen-bond donors (Lipinski definition) is 2. The Balaban J connectivity index is 1.53. The number of aryl methyl sites for hydroxylation is 1. The zero-order chi connectivity index (χ0) is 28.6. The summed E-state index contributed by atoms with van der Waals surface area (Å²) in [6, 6.07) is 11.0. The van der Waals surface area contributed by atoms with Crippen molar-refractivity contribution >= 4 is 34.3 Å². The van der Waals surface area contributed by atoms with Gasteiger partial charge in [-0.25, -0.2) is 15.1 Å². The van der Waals surface area contributed by atoms with E-state index < -0.39 is 5.03 Å². The van der Waals surface area contributed by atoms with Crippen LogP contribution in [-0.2, 0) is 9.47 Å². The van der Waals surface area contributed by atoms with Gasteiger partial charge in [-0.3, -0.25) is 4.90 Å². The van der Waals surface area contributed by atoms with Crippen LogP contribution in [0.15, 0.2) is 41.4 Å². The molecule has 2 aromatic carbocycles. The summed E-state index contributed by atoms with van der Waals surface area (Å²) in [4.78, 5) is 29.9. The van der Waals surface area contributed by atoms with Crippen molar-refractivity contribution < 1.29 is 24.0 Å². The molecule has 41 heavy (non-hydrogen) atoms. The minimum Gasteiger partial charge on any atom is -0.493 e. The smallest absolute Gasteiger partial charge is 0.265 e. The van der Waals surface area contributed by atoms with Crippen molar-refractivity contribution in [3.8, 4) is 11.5 Å². The van der Waals surface area contributed by atoms with Gasteiger partial charge in [-0.1, -0.05) is 17.6 Å². The van der Waals surface area contributed by atoms with Gasteiger partial charge in [0.15, 0.2) is 22.3 Å². The van der Waals surface area contributed by atoms with E-state index in [4.69, 9.17) is 28.9 Å². The Morgan fingerprint density at radius 2 is 1.83 bits per heavy atom. The third-order valence-electron chi connectivity index (χ3n) is 6.71. The fourth-order valence-electron chi connectivity index (χ4n) is 4.61. The van der Waals surface area contributed by atoms with Gasteiger partial charge in [-0.15, -0.1) is 0 Å². The number of rotatable bonds is 9. The van der Waals surface area contributed by atoms with Crippen LogP contribution in [0.3, 0.4) is 0 Å². The molecule has 218 valence electrons. The number of nitrogens with zero attached hydrogens (tertiary/aromatic N) is 6. The summed E-state index contributed by atoms with van der Waals surface area (Å²) in [5, 5.41) is 14.4. The molecular formula is C27H34N8O6. The molecule has 14 nitrogen and oxygen atoms in total. The molecule has 14 heteroatoms. The monoisotopic (exact) mass is 566 g/mol. The quantitative estimate of drug-likeness (QED) is 0.169. The lowest BCUT2D eigenvalue weighted by molar-refractivity contribution is -0.525. The van der Waals surface area contributed by atoms with Crippen LogP contribution >= 0.6 is 0 Å². The molecule has 2 N–H and O–H groups in total. The lowest BCUT2D eigenvalue weighted by Gasteiger charge is -2.27. The van der Waals surface area contributed by atoms with E-state index in [1.807, 2.05) is 30.0 Å². The van der Waals surface area contributed by atoms with Crippen LogP contribution in [0.4, 0.5) is 17.5 Å². The number of aliphatic imine (C=N–C) groups is 1. The van der Waals surface area contributed by atoms with Gasteiger partial charge in [0, 0.05) is 49.9 Å². The second kappa shape index (κ2) is 13.4. The average Bonchev–Trinajstić information content (AvgIpc) is 2.97. The van der Waals surface area contributed by atoms with Crippen molar-refractivity contribution in [2.75, 3.05) is 83.1 Å². The number of morpholine rings is 2. The van der Waals surface area contributed by atoms with E-state index in [2.05, 4.69) is 20.6 Å². The van der Waals surface area contributed by atoms with Gasteiger partial charge in [0.05, 0.1) is 39.1 Å². The van der Waals surface area contributed by atoms with Gasteiger partial charge in [-0.05, 0) is 30.7 Å². The summed E-state index contributed by atoms with van der Waals surface area (Å²) in [5.41, 5.74) is 4.35. The topological polar surface area (TPSA) is 149 Å². The average molecular weight is 567 g/mol. The van der Waals surface area contributed by atoms with Crippen molar-refractivity contribution in [1.29, 1.82) is 0 Å². The van der Waals surface area contributed by atoms with Gasteiger partial charge in [0.2, 0.25) is 5.95 Å². The Hall–Kier alpha value is -4.27. The van der Waals surface area contributed by atoms with E-state index in [9.17, 15) is 10.1 Å². The minimum atomic E-state index is -0.670. The molecule has 2 saturated heterocycles. The van der Waals surface area contributed by atoms with Crippen molar-refractivity contribution in [3.63, 3.8) is 0 Å². The van der Waals surface area contributed by atoms with Crippen LogP contribution in [0, 0.1) is 17.0 Å². The number of ether oxygens (including phenoxy) is 4. The largest absolute Gasteiger partial charge is 0.493 e. The third kappa shape index (κ3) is 7.48. The molecule has 2 aliphatic heterocycles. The highest BCUT2D eigenvalue weighted by Gasteiger charge is 2.20. The first-order valence-corrected chi connectivity index (χ1v) is 13.5. The van der Waals surface area contributed by atoms with Crippen LogP contribution in [-0.4, -0.2) is 98.7 Å². The second-order valence-corrected chi connectivity index (χ2v) is 9.59. The third-order valence-corrected chi connectivity index (χ3v) is 6.71. The number of fused-ring (bicyclic) bond motifs is 1. The number of aromatic nitrogens is 2. The fourth-order valence-corrected chi connectivity index (χ4v) is 4.61. The van der Waals surface area contributed by atoms with Crippen LogP contribution in [0.5, 0.6) is 11.5 Å². The van der Waals surface area contributed by atoms with E-state index in [0.29, 0.717) is 80.2 Å². The zero-order valence-electron chi connectivity index (χ0n) is 23.2. The normalized spacial score (nSPS) is 16.4. The molecular weight excluding hydrogens is 532 g/mol. The highest BCUT2D eigenvalue weighted by Crippen LogP contribution is 2.36. The Labute approximate surface area is 237 Å². The number of hydrazine groups is 1. The number of methoxy groups -OCH3 is 1. The maximum Gasteiger partial charge on any atom is 0.265 e. The number of nitro groups is 1. The highest BCUT2D eigenvalue weighted by molar-refractivity contribution is 5.99. The molecule has 0 atom stereocenters. The molecule has 0 saturated carbocycles. The first-order valence-electron chi connectivity index (χ1n) is 13.5. The van der Waals surface area contributed by atoms with Gasteiger partial charge < -0.3 is 29.2 Å². The summed E-state index contributed by atoms with van der Waals surface area (Å²) in [7, 11) is 1.57. The predicted octanol–water partition coefficient (Wildman–Crippen LogP) is 2.38. The summed E-state index contributed by atoms with van der Waals surface area (Å²) in [6.07, 6.45) is 0.